The Kier molecular flexibility index (Phi) is 6.20. The zero-order valence-electron chi connectivity index (χ0n) is 14.4. The number of sulfonamides is 2. The van der Waals surface area contributed by atoms with Gasteiger partial charge < -0.3 is 4.74 Å². The highest BCUT2D eigenvalue weighted by Gasteiger charge is 2.22. The van der Waals surface area contributed by atoms with Crippen LogP contribution < -0.4 is 14.2 Å². The van der Waals surface area contributed by atoms with Gasteiger partial charge in [-0.05, 0) is 37.3 Å². The van der Waals surface area contributed by atoms with Crippen molar-refractivity contribution in [3.8, 4) is 11.8 Å². The van der Waals surface area contributed by atoms with E-state index in [0.29, 0.717) is 0 Å². The summed E-state index contributed by atoms with van der Waals surface area (Å²) in [6.07, 6.45) is 0. The molecule has 2 aromatic carbocycles. The van der Waals surface area contributed by atoms with Crippen molar-refractivity contribution in [1.29, 1.82) is 5.26 Å². The number of methoxy groups -OCH3 is 1. The zero-order chi connectivity index (χ0) is 20.2. The predicted molar refractivity (Wildman–Crippen MR) is 103 cm³/mol. The average molecular weight is 430 g/mol. The van der Waals surface area contributed by atoms with E-state index in [1.807, 2.05) is 6.07 Å². The van der Waals surface area contributed by atoms with Crippen LogP contribution in [0.4, 0.5) is 11.4 Å². The Labute approximate surface area is 162 Å². The van der Waals surface area contributed by atoms with Gasteiger partial charge in [-0.1, -0.05) is 11.6 Å². The molecule has 0 radical (unpaired) electrons. The van der Waals surface area contributed by atoms with Gasteiger partial charge in [0.1, 0.15) is 10.6 Å². The van der Waals surface area contributed by atoms with Crippen molar-refractivity contribution in [3.05, 3.63) is 47.0 Å². The van der Waals surface area contributed by atoms with E-state index < -0.39 is 20.0 Å². The quantitative estimate of drug-likeness (QED) is 0.697. The molecule has 0 unspecified atom stereocenters. The highest BCUT2D eigenvalue weighted by atomic mass is 35.5. The highest BCUT2D eigenvalue weighted by molar-refractivity contribution is 7.93. The van der Waals surface area contributed by atoms with Gasteiger partial charge in [-0.2, -0.15) is 5.26 Å². The standard InChI is InChI=1S/C16H16ClN3O5S2/c1-3-26(21,22)19-12-5-7-16(15(9-12)25-2)27(23,24)20-14-8-11(10-18)4-6-13(14)17/h4-9,19-20H,3H2,1-2H3. The van der Waals surface area contributed by atoms with Crippen LogP contribution in [0.15, 0.2) is 41.3 Å². The predicted octanol–water partition coefficient (Wildman–Crippen LogP) is 2.78. The number of anilines is 2. The van der Waals surface area contributed by atoms with Gasteiger partial charge in [0.15, 0.2) is 0 Å². The summed E-state index contributed by atoms with van der Waals surface area (Å²) in [5.74, 6) is -0.198. The summed E-state index contributed by atoms with van der Waals surface area (Å²) in [6, 6.07) is 9.82. The van der Waals surface area contributed by atoms with E-state index in [9.17, 15) is 16.8 Å². The van der Waals surface area contributed by atoms with E-state index in [-0.39, 0.29) is 38.4 Å². The molecule has 27 heavy (non-hydrogen) atoms. The van der Waals surface area contributed by atoms with Crippen LogP contribution in [-0.2, 0) is 20.0 Å². The fraction of sp³-hybridized carbons (Fsp3) is 0.188. The van der Waals surface area contributed by atoms with E-state index in [2.05, 4.69) is 9.44 Å². The van der Waals surface area contributed by atoms with Crippen molar-refractivity contribution < 1.29 is 21.6 Å². The number of ether oxygens (including phenoxy) is 1. The van der Waals surface area contributed by atoms with E-state index in [1.165, 1.54) is 50.4 Å². The van der Waals surface area contributed by atoms with Gasteiger partial charge in [-0.3, -0.25) is 9.44 Å². The van der Waals surface area contributed by atoms with Gasteiger partial charge in [-0.25, -0.2) is 16.8 Å². The third-order valence-electron chi connectivity index (χ3n) is 3.45. The molecule has 0 aromatic heterocycles. The minimum Gasteiger partial charge on any atom is -0.495 e. The summed E-state index contributed by atoms with van der Waals surface area (Å²) in [7, 11) is -6.38. The summed E-state index contributed by atoms with van der Waals surface area (Å²) >= 11 is 5.99. The number of nitrogens with one attached hydrogen (secondary N) is 2. The minimum absolute atomic E-state index is 0.0357. The molecule has 2 rings (SSSR count). The van der Waals surface area contributed by atoms with Crippen molar-refractivity contribution in [2.75, 3.05) is 22.3 Å². The Bertz CT molecular complexity index is 1110. The number of hydrogen-bond acceptors (Lipinski definition) is 6. The molecule has 0 aliphatic heterocycles. The molecular formula is C16H16ClN3O5S2. The second kappa shape index (κ2) is 8.04. The van der Waals surface area contributed by atoms with Gasteiger partial charge in [0.2, 0.25) is 10.0 Å². The Morgan fingerprint density at radius 2 is 1.81 bits per heavy atom. The van der Waals surface area contributed by atoms with Gasteiger partial charge in [0.05, 0.1) is 40.9 Å². The first kappa shape index (κ1) is 20.8. The monoisotopic (exact) mass is 429 g/mol. The largest absolute Gasteiger partial charge is 0.495 e. The van der Waals surface area contributed by atoms with Crippen molar-refractivity contribution in [2.45, 2.75) is 11.8 Å². The van der Waals surface area contributed by atoms with E-state index >= 15 is 0 Å². The van der Waals surface area contributed by atoms with Gasteiger partial charge in [-0.15, -0.1) is 0 Å². The summed E-state index contributed by atoms with van der Waals surface area (Å²) in [6.45, 7) is 1.47. The number of nitrogens with zero attached hydrogens (tertiary/aromatic N) is 1. The van der Waals surface area contributed by atoms with Crippen LogP contribution in [0.25, 0.3) is 0 Å². The number of rotatable bonds is 7. The lowest BCUT2D eigenvalue weighted by Gasteiger charge is -2.14. The first-order valence-corrected chi connectivity index (χ1v) is 11.0. The van der Waals surface area contributed by atoms with Crippen LogP contribution in [0.5, 0.6) is 5.75 Å². The molecule has 0 aliphatic rings. The lowest BCUT2D eigenvalue weighted by atomic mass is 10.2. The molecule has 0 spiro atoms. The Morgan fingerprint density at radius 1 is 1.11 bits per heavy atom. The van der Waals surface area contributed by atoms with Crippen LogP contribution in [0.2, 0.25) is 5.02 Å². The molecule has 0 saturated heterocycles. The summed E-state index contributed by atoms with van der Waals surface area (Å²) in [5, 5.41) is 9.06. The maximum absolute atomic E-state index is 12.7. The minimum atomic E-state index is -4.12. The molecule has 8 nitrogen and oxygen atoms in total. The van der Waals surface area contributed by atoms with E-state index in [0.717, 1.165) is 0 Å². The molecule has 144 valence electrons. The molecule has 0 atom stereocenters. The molecule has 0 fully saturated rings. The van der Waals surface area contributed by atoms with Crippen LogP contribution in [0.3, 0.4) is 0 Å². The fourth-order valence-corrected chi connectivity index (χ4v) is 4.15. The number of halogens is 1. The van der Waals surface area contributed by atoms with Crippen LogP contribution in [-0.4, -0.2) is 29.7 Å². The topological polar surface area (TPSA) is 125 Å². The van der Waals surface area contributed by atoms with Crippen LogP contribution in [0, 0.1) is 11.3 Å². The second-order valence-corrected chi connectivity index (χ2v) is 9.35. The van der Waals surface area contributed by atoms with E-state index in [4.69, 9.17) is 21.6 Å². The second-order valence-electron chi connectivity index (χ2n) is 5.28. The van der Waals surface area contributed by atoms with Crippen LogP contribution >= 0.6 is 11.6 Å². The van der Waals surface area contributed by atoms with Crippen molar-refractivity contribution in [1.82, 2.24) is 0 Å². The highest BCUT2D eigenvalue weighted by Crippen LogP contribution is 2.31. The fourth-order valence-electron chi connectivity index (χ4n) is 2.08. The Hall–Kier alpha value is -2.48. The van der Waals surface area contributed by atoms with Crippen LogP contribution in [0.1, 0.15) is 12.5 Å². The molecule has 0 bridgehead atoms. The zero-order valence-corrected chi connectivity index (χ0v) is 16.7. The van der Waals surface area contributed by atoms with Gasteiger partial charge in [0.25, 0.3) is 10.0 Å². The molecule has 0 heterocycles. The summed E-state index contributed by atoms with van der Waals surface area (Å²) in [5.41, 5.74) is 0.430. The Balaban J connectivity index is 2.43. The number of benzene rings is 2. The molecule has 2 N–H and O–H groups in total. The van der Waals surface area contributed by atoms with Gasteiger partial charge >= 0.3 is 0 Å². The molecule has 2 aromatic rings. The van der Waals surface area contributed by atoms with Crippen molar-refractivity contribution >= 4 is 43.0 Å². The number of nitriles is 1. The normalized spacial score (nSPS) is 11.5. The average Bonchev–Trinajstić information content (AvgIpc) is 2.62. The molecule has 0 aliphatic carbocycles. The summed E-state index contributed by atoms with van der Waals surface area (Å²) < 4.78 is 58.5. The molecule has 0 amide bonds. The molecule has 11 heteroatoms. The summed E-state index contributed by atoms with van der Waals surface area (Å²) in [4.78, 5) is -0.220. The molecular weight excluding hydrogens is 414 g/mol. The maximum Gasteiger partial charge on any atom is 0.265 e. The van der Waals surface area contributed by atoms with Crippen molar-refractivity contribution in [2.24, 2.45) is 0 Å². The lowest BCUT2D eigenvalue weighted by Crippen LogP contribution is -2.16. The maximum atomic E-state index is 12.7. The smallest absolute Gasteiger partial charge is 0.265 e. The van der Waals surface area contributed by atoms with Crippen molar-refractivity contribution in [3.63, 3.8) is 0 Å². The van der Waals surface area contributed by atoms with E-state index in [1.54, 1.807) is 0 Å². The molecule has 0 saturated carbocycles. The first-order chi connectivity index (χ1) is 12.6. The number of hydrogen-bond donors (Lipinski definition) is 2. The van der Waals surface area contributed by atoms with Gasteiger partial charge in [0, 0.05) is 6.07 Å². The Morgan fingerprint density at radius 3 is 2.41 bits per heavy atom. The lowest BCUT2D eigenvalue weighted by molar-refractivity contribution is 0.403. The third-order valence-corrected chi connectivity index (χ3v) is 6.49. The first-order valence-electron chi connectivity index (χ1n) is 7.53. The third kappa shape index (κ3) is 5.03. The SMILES string of the molecule is CCS(=O)(=O)Nc1ccc(S(=O)(=O)Nc2cc(C#N)ccc2Cl)c(OC)c1.